The summed E-state index contributed by atoms with van der Waals surface area (Å²) in [6, 6.07) is 9.19. The van der Waals surface area contributed by atoms with E-state index >= 15 is 0 Å². The van der Waals surface area contributed by atoms with Gasteiger partial charge in [0.1, 0.15) is 17.5 Å². The van der Waals surface area contributed by atoms with Crippen molar-refractivity contribution in [1.82, 2.24) is 14.7 Å². The molecule has 8 heteroatoms. The van der Waals surface area contributed by atoms with Crippen molar-refractivity contribution < 1.29 is 19.1 Å². The molecule has 166 valence electrons. The molecule has 1 atom stereocenters. The third-order valence-electron chi connectivity index (χ3n) is 6.10. The largest absolute Gasteiger partial charge is 0.497 e. The molecule has 2 aliphatic rings. The number of thiophene rings is 1. The number of ether oxygens (including phenoxy) is 2. The third kappa shape index (κ3) is 4.70. The molecule has 0 bridgehead atoms. The lowest BCUT2D eigenvalue weighted by atomic mass is 10.1. The minimum atomic E-state index is -0.334. The SMILES string of the molecule is COc1ccc(OC)c(CN2CCN(C(=O)C3CCCN3C(=O)c3cccs3)CC2)c1. The fourth-order valence-electron chi connectivity index (χ4n) is 4.39. The maximum atomic E-state index is 13.2. The van der Waals surface area contributed by atoms with E-state index in [0.717, 1.165) is 49.5 Å². The summed E-state index contributed by atoms with van der Waals surface area (Å²) in [5.41, 5.74) is 1.07. The standard InChI is InChI=1S/C23H29N3O4S/c1-29-18-7-8-20(30-2)17(15-18)16-24-10-12-25(13-11-24)22(27)19-5-3-9-26(19)23(28)21-6-4-14-31-21/h4,6-8,14-15,19H,3,5,9-13,16H2,1-2H3. The number of amides is 2. The van der Waals surface area contributed by atoms with Crippen molar-refractivity contribution in [1.29, 1.82) is 0 Å². The number of carbonyl (C=O) groups is 2. The first-order chi connectivity index (χ1) is 15.1. The van der Waals surface area contributed by atoms with Crippen LogP contribution in [0, 0.1) is 0 Å². The Morgan fingerprint density at radius 3 is 2.55 bits per heavy atom. The number of methoxy groups -OCH3 is 2. The highest BCUT2D eigenvalue weighted by atomic mass is 32.1. The van der Waals surface area contributed by atoms with Gasteiger partial charge < -0.3 is 19.3 Å². The molecule has 0 spiro atoms. The van der Waals surface area contributed by atoms with E-state index in [1.807, 2.05) is 40.6 Å². The Morgan fingerprint density at radius 1 is 1.06 bits per heavy atom. The lowest BCUT2D eigenvalue weighted by Gasteiger charge is -2.37. The Bertz CT molecular complexity index is 910. The molecule has 2 amide bonds. The number of piperazine rings is 1. The molecule has 0 radical (unpaired) electrons. The predicted molar refractivity (Wildman–Crippen MR) is 120 cm³/mol. The maximum Gasteiger partial charge on any atom is 0.264 e. The topological polar surface area (TPSA) is 62.3 Å². The van der Waals surface area contributed by atoms with Crippen LogP contribution in [0.15, 0.2) is 35.7 Å². The van der Waals surface area contributed by atoms with E-state index in [1.54, 1.807) is 19.1 Å². The first kappa shape index (κ1) is 21.6. The van der Waals surface area contributed by atoms with Crippen molar-refractivity contribution in [3.8, 4) is 11.5 Å². The number of benzene rings is 1. The number of hydrogen-bond donors (Lipinski definition) is 0. The van der Waals surface area contributed by atoms with Crippen molar-refractivity contribution in [2.45, 2.75) is 25.4 Å². The molecule has 3 heterocycles. The van der Waals surface area contributed by atoms with Crippen molar-refractivity contribution in [2.75, 3.05) is 46.9 Å². The lowest BCUT2D eigenvalue weighted by Crippen LogP contribution is -2.54. The van der Waals surface area contributed by atoms with Crippen LogP contribution in [0.3, 0.4) is 0 Å². The van der Waals surface area contributed by atoms with E-state index in [1.165, 1.54) is 11.3 Å². The van der Waals surface area contributed by atoms with E-state index in [2.05, 4.69) is 4.90 Å². The van der Waals surface area contributed by atoms with Gasteiger partial charge in [-0.3, -0.25) is 14.5 Å². The third-order valence-corrected chi connectivity index (χ3v) is 6.95. The molecule has 0 aliphatic carbocycles. The lowest BCUT2D eigenvalue weighted by molar-refractivity contribution is -0.137. The second kappa shape index (κ2) is 9.70. The van der Waals surface area contributed by atoms with Crippen LogP contribution in [0.1, 0.15) is 28.1 Å². The minimum absolute atomic E-state index is 0.0189. The van der Waals surface area contributed by atoms with E-state index < -0.39 is 0 Å². The summed E-state index contributed by atoms with van der Waals surface area (Å²) in [6.07, 6.45) is 1.63. The van der Waals surface area contributed by atoms with Crippen LogP contribution in [0.25, 0.3) is 0 Å². The van der Waals surface area contributed by atoms with Crippen LogP contribution in [-0.4, -0.2) is 79.5 Å². The van der Waals surface area contributed by atoms with Gasteiger partial charge in [0.25, 0.3) is 5.91 Å². The summed E-state index contributed by atoms with van der Waals surface area (Å²) in [6.45, 7) is 4.32. The Hall–Kier alpha value is -2.58. The fourth-order valence-corrected chi connectivity index (χ4v) is 5.07. The van der Waals surface area contributed by atoms with E-state index in [0.29, 0.717) is 24.5 Å². The van der Waals surface area contributed by atoms with E-state index in [4.69, 9.17) is 9.47 Å². The van der Waals surface area contributed by atoms with E-state index in [9.17, 15) is 9.59 Å². The van der Waals surface area contributed by atoms with Crippen LogP contribution >= 0.6 is 11.3 Å². The van der Waals surface area contributed by atoms with Gasteiger partial charge in [0.15, 0.2) is 0 Å². The van der Waals surface area contributed by atoms with Crippen molar-refractivity contribution in [3.05, 3.63) is 46.2 Å². The minimum Gasteiger partial charge on any atom is -0.497 e. The van der Waals surface area contributed by atoms with Gasteiger partial charge in [-0.1, -0.05) is 6.07 Å². The number of nitrogens with zero attached hydrogens (tertiary/aromatic N) is 3. The quantitative estimate of drug-likeness (QED) is 0.687. The second-order valence-corrected chi connectivity index (χ2v) is 8.86. The number of carbonyl (C=O) groups excluding carboxylic acids is 2. The zero-order chi connectivity index (χ0) is 21.8. The molecule has 2 aliphatic heterocycles. The zero-order valence-electron chi connectivity index (χ0n) is 18.1. The predicted octanol–water partition coefficient (Wildman–Crippen LogP) is 2.71. The Kier molecular flexibility index (Phi) is 6.77. The molecule has 2 aromatic rings. The first-order valence-electron chi connectivity index (χ1n) is 10.7. The number of hydrogen-bond acceptors (Lipinski definition) is 6. The normalized spacial score (nSPS) is 19.5. The molecule has 1 aromatic heterocycles. The van der Waals surface area contributed by atoms with Crippen molar-refractivity contribution in [3.63, 3.8) is 0 Å². The van der Waals surface area contributed by atoms with Gasteiger partial charge in [-0.15, -0.1) is 11.3 Å². The highest BCUT2D eigenvalue weighted by Crippen LogP contribution is 2.27. The molecule has 2 saturated heterocycles. The van der Waals surface area contributed by atoms with Crippen LogP contribution in [-0.2, 0) is 11.3 Å². The van der Waals surface area contributed by atoms with Crippen LogP contribution < -0.4 is 9.47 Å². The summed E-state index contributed by atoms with van der Waals surface area (Å²) in [5, 5.41) is 1.90. The average molecular weight is 444 g/mol. The molecule has 31 heavy (non-hydrogen) atoms. The molecule has 0 saturated carbocycles. The molecule has 0 N–H and O–H groups in total. The Labute approximate surface area is 187 Å². The Morgan fingerprint density at radius 2 is 1.87 bits per heavy atom. The van der Waals surface area contributed by atoms with Gasteiger partial charge in [0.2, 0.25) is 5.91 Å². The number of rotatable bonds is 6. The molecule has 1 unspecified atom stereocenters. The summed E-state index contributed by atoms with van der Waals surface area (Å²) < 4.78 is 10.8. The van der Waals surface area contributed by atoms with Crippen LogP contribution in [0.4, 0.5) is 0 Å². The van der Waals surface area contributed by atoms with Gasteiger partial charge in [0.05, 0.1) is 19.1 Å². The smallest absolute Gasteiger partial charge is 0.264 e. The monoisotopic (exact) mass is 443 g/mol. The van der Waals surface area contributed by atoms with Gasteiger partial charge in [0, 0.05) is 44.8 Å². The van der Waals surface area contributed by atoms with Crippen molar-refractivity contribution in [2.24, 2.45) is 0 Å². The molecule has 2 fully saturated rings. The molecule has 7 nitrogen and oxygen atoms in total. The maximum absolute atomic E-state index is 13.2. The molecule has 1 aromatic carbocycles. The van der Waals surface area contributed by atoms with Gasteiger partial charge >= 0.3 is 0 Å². The summed E-state index contributed by atoms with van der Waals surface area (Å²) in [5.74, 6) is 1.71. The molecular weight excluding hydrogens is 414 g/mol. The summed E-state index contributed by atoms with van der Waals surface area (Å²) in [4.78, 5) is 32.7. The highest BCUT2D eigenvalue weighted by molar-refractivity contribution is 7.12. The highest BCUT2D eigenvalue weighted by Gasteiger charge is 2.38. The summed E-state index contributed by atoms with van der Waals surface area (Å²) >= 11 is 1.43. The zero-order valence-corrected chi connectivity index (χ0v) is 18.9. The Balaban J connectivity index is 1.35. The van der Waals surface area contributed by atoms with Gasteiger partial charge in [-0.2, -0.15) is 0 Å². The van der Waals surface area contributed by atoms with Crippen molar-refractivity contribution >= 4 is 23.2 Å². The van der Waals surface area contributed by atoms with E-state index in [-0.39, 0.29) is 17.9 Å². The average Bonchev–Trinajstić information content (AvgIpc) is 3.51. The first-order valence-corrected chi connectivity index (χ1v) is 11.5. The number of likely N-dealkylation sites (tertiary alicyclic amines) is 1. The molecular formula is C23H29N3O4S. The van der Waals surface area contributed by atoms with Crippen LogP contribution in [0.2, 0.25) is 0 Å². The van der Waals surface area contributed by atoms with Gasteiger partial charge in [-0.05, 0) is 42.5 Å². The summed E-state index contributed by atoms with van der Waals surface area (Å²) in [7, 11) is 3.33. The molecule has 4 rings (SSSR count). The second-order valence-electron chi connectivity index (χ2n) is 7.91. The fraction of sp³-hybridized carbons (Fsp3) is 0.478. The van der Waals surface area contributed by atoms with Gasteiger partial charge in [-0.25, -0.2) is 0 Å². The van der Waals surface area contributed by atoms with Crippen LogP contribution in [0.5, 0.6) is 11.5 Å².